The second-order valence-corrected chi connectivity index (χ2v) is 4.95. The number of unbranched alkanes of at least 4 members (excludes halogenated alkanes) is 2. The van der Waals surface area contributed by atoms with E-state index in [9.17, 15) is 4.79 Å². The first-order valence-electron chi connectivity index (χ1n) is 6.65. The normalized spacial score (nSPS) is 10.4. The highest BCUT2D eigenvalue weighted by molar-refractivity contribution is 6.29. The fourth-order valence-corrected chi connectivity index (χ4v) is 2.23. The first kappa shape index (κ1) is 14.5. The van der Waals surface area contributed by atoms with Crippen molar-refractivity contribution in [2.75, 3.05) is 0 Å². The van der Waals surface area contributed by atoms with Crippen LogP contribution in [0.5, 0.6) is 0 Å². The van der Waals surface area contributed by atoms with Crippen LogP contribution in [-0.4, -0.2) is 9.55 Å². The quantitative estimate of drug-likeness (QED) is 0.596. The van der Waals surface area contributed by atoms with Gasteiger partial charge in [-0.3, -0.25) is 4.79 Å². The maximum absolute atomic E-state index is 12.4. The monoisotopic (exact) mass is 288 g/mol. The molecule has 0 fully saturated rings. The molecular weight excluding hydrogens is 272 g/mol. The predicted octanol–water partition coefficient (Wildman–Crippen LogP) is 3.92. The third-order valence-corrected chi connectivity index (χ3v) is 3.23. The summed E-state index contributed by atoms with van der Waals surface area (Å²) in [4.78, 5) is 16.6. The van der Waals surface area contributed by atoms with Crippen molar-refractivity contribution in [1.82, 2.24) is 9.55 Å². The lowest BCUT2D eigenvalue weighted by Gasteiger charge is -2.08. The summed E-state index contributed by atoms with van der Waals surface area (Å²) >= 11 is 6.02. The summed E-state index contributed by atoms with van der Waals surface area (Å²) in [6.45, 7) is 4.34. The van der Waals surface area contributed by atoms with Gasteiger partial charge in [-0.25, -0.2) is 4.98 Å². The SMILES string of the molecule is C=CCCCCn1cc(Cl)nc(-c2ccccc2)c1=O. The van der Waals surface area contributed by atoms with Crippen LogP contribution < -0.4 is 5.56 Å². The number of hydrogen-bond donors (Lipinski definition) is 0. The van der Waals surface area contributed by atoms with Crippen LogP contribution in [0.4, 0.5) is 0 Å². The molecular formula is C16H17ClN2O. The standard InChI is InChI=1S/C16H17ClN2O/c1-2-3-4-8-11-19-12-14(17)18-15(16(19)20)13-9-6-5-7-10-13/h2,5-7,9-10,12H,1,3-4,8,11H2. The molecule has 1 heterocycles. The third kappa shape index (κ3) is 3.58. The Bertz CT molecular complexity index is 635. The van der Waals surface area contributed by atoms with E-state index < -0.39 is 0 Å². The first-order valence-corrected chi connectivity index (χ1v) is 7.03. The van der Waals surface area contributed by atoms with Crippen molar-refractivity contribution < 1.29 is 0 Å². The van der Waals surface area contributed by atoms with Crippen LogP contribution in [0.25, 0.3) is 11.3 Å². The maximum Gasteiger partial charge on any atom is 0.277 e. The van der Waals surface area contributed by atoms with Gasteiger partial charge in [-0.1, -0.05) is 48.0 Å². The fourth-order valence-electron chi connectivity index (χ4n) is 2.03. The van der Waals surface area contributed by atoms with E-state index in [0.717, 1.165) is 24.8 Å². The molecule has 0 amide bonds. The molecule has 2 aromatic rings. The zero-order chi connectivity index (χ0) is 14.4. The average molecular weight is 289 g/mol. The molecule has 4 heteroatoms. The summed E-state index contributed by atoms with van der Waals surface area (Å²) < 4.78 is 1.64. The van der Waals surface area contributed by atoms with E-state index in [1.54, 1.807) is 10.8 Å². The van der Waals surface area contributed by atoms with Crippen molar-refractivity contribution >= 4 is 11.6 Å². The van der Waals surface area contributed by atoms with E-state index in [4.69, 9.17) is 11.6 Å². The van der Waals surface area contributed by atoms with Gasteiger partial charge in [-0.05, 0) is 19.3 Å². The zero-order valence-electron chi connectivity index (χ0n) is 11.3. The zero-order valence-corrected chi connectivity index (χ0v) is 12.0. The highest BCUT2D eigenvalue weighted by Crippen LogP contribution is 2.15. The molecule has 0 N–H and O–H groups in total. The maximum atomic E-state index is 12.4. The lowest BCUT2D eigenvalue weighted by Crippen LogP contribution is -2.22. The van der Waals surface area contributed by atoms with Crippen molar-refractivity contribution in [3.05, 3.63) is 64.7 Å². The summed E-state index contributed by atoms with van der Waals surface area (Å²) in [6, 6.07) is 9.39. The molecule has 1 aromatic carbocycles. The third-order valence-electron chi connectivity index (χ3n) is 3.05. The minimum atomic E-state index is -0.0980. The van der Waals surface area contributed by atoms with E-state index in [0.29, 0.717) is 17.4 Å². The van der Waals surface area contributed by atoms with Crippen molar-refractivity contribution in [2.24, 2.45) is 0 Å². The van der Waals surface area contributed by atoms with Crippen molar-refractivity contribution in [2.45, 2.75) is 25.8 Å². The van der Waals surface area contributed by atoms with Gasteiger partial charge in [0, 0.05) is 18.3 Å². The van der Waals surface area contributed by atoms with Gasteiger partial charge in [-0.2, -0.15) is 0 Å². The number of aryl methyl sites for hydroxylation is 1. The van der Waals surface area contributed by atoms with Gasteiger partial charge in [-0.15, -0.1) is 6.58 Å². The highest BCUT2D eigenvalue weighted by atomic mass is 35.5. The topological polar surface area (TPSA) is 34.9 Å². The predicted molar refractivity (Wildman–Crippen MR) is 83.0 cm³/mol. The second-order valence-electron chi connectivity index (χ2n) is 4.56. The van der Waals surface area contributed by atoms with Gasteiger partial charge < -0.3 is 4.57 Å². The number of halogens is 1. The molecule has 0 bridgehead atoms. The van der Waals surface area contributed by atoms with E-state index in [1.165, 1.54) is 0 Å². The molecule has 0 radical (unpaired) electrons. The van der Waals surface area contributed by atoms with Gasteiger partial charge in [0.1, 0.15) is 10.8 Å². The molecule has 0 aliphatic carbocycles. The number of allylic oxidation sites excluding steroid dienone is 1. The van der Waals surface area contributed by atoms with Crippen LogP contribution in [0, 0.1) is 0 Å². The number of hydrogen-bond acceptors (Lipinski definition) is 2. The molecule has 0 aliphatic heterocycles. The first-order chi connectivity index (χ1) is 9.72. The van der Waals surface area contributed by atoms with Crippen LogP contribution in [0.1, 0.15) is 19.3 Å². The van der Waals surface area contributed by atoms with Crippen LogP contribution in [0.2, 0.25) is 5.15 Å². The van der Waals surface area contributed by atoms with Gasteiger partial charge >= 0.3 is 0 Å². The Balaban J connectivity index is 2.28. The molecule has 20 heavy (non-hydrogen) atoms. The Morgan fingerprint density at radius 1 is 1.25 bits per heavy atom. The number of benzene rings is 1. The summed E-state index contributed by atoms with van der Waals surface area (Å²) in [7, 11) is 0. The Kier molecular flexibility index (Phi) is 5.13. The average Bonchev–Trinajstić information content (AvgIpc) is 2.47. The van der Waals surface area contributed by atoms with E-state index >= 15 is 0 Å². The molecule has 104 valence electrons. The number of nitrogens with zero attached hydrogens (tertiary/aromatic N) is 2. The largest absolute Gasteiger partial charge is 0.311 e. The minimum Gasteiger partial charge on any atom is -0.311 e. The van der Waals surface area contributed by atoms with Crippen LogP contribution >= 0.6 is 11.6 Å². The molecule has 1 aromatic heterocycles. The summed E-state index contributed by atoms with van der Waals surface area (Å²) in [6.07, 6.45) is 6.37. The van der Waals surface area contributed by atoms with Gasteiger partial charge in [0.15, 0.2) is 0 Å². The molecule has 0 saturated heterocycles. The highest BCUT2D eigenvalue weighted by Gasteiger charge is 2.09. The summed E-state index contributed by atoms with van der Waals surface area (Å²) in [5.74, 6) is 0. The molecule has 0 atom stereocenters. The van der Waals surface area contributed by atoms with Gasteiger partial charge in [0.25, 0.3) is 5.56 Å². The lowest BCUT2D eigenvalue weighted by molar-refractivity contribution is 0.595. The minimum absolute atomic E-state index is 0.0980. The lowest BCUT2D eigenvalue weighted by atomic mass is 10.1. The second kappa shape index (κ2) is 7.06. The summed E-state index contributed by atoms with van der Waals surface area (Å²) in [5.41, 5.74) is 1.10. The van der Waals surface area contributed by atoms with Gasteiger partial charge in [0.2, 0.25) is 0 Å². The molecule has 0 spiro atoms. The van der Waals surface area contributed by atoms with E-state index in [1.807, 2.05) is 36.4 Å². The van der Waals surface area contributed by atoms with Crippen molar-refractivity contribution in [3.8, 4) is 11.3 Å². The fraction of sp³-hybridized carbons (Fsp3) is 0.250. The van der Waals surface area contributed by atoms with E-state index in [2.05, 4.69) is 11.6 Å². The molecule has 0 unspecified atom stereocenters. The Hall–Kier alpha value is -1.87. The summed E-state index contributed by atoms with van der Waals surface area (Å²) in [5, 5.41) is 0.340. The molecule has 0 saturated carbocycles. The van der Waals surface area contributed by atoms with Crippen LogP contribution in [0.3, 0.4) is 0 Å². The van der Waals surface area contributed by atoms with E-state index in [-0.39, 0.29) is 5.56 Å². The van der Waals surface area contributed by atoms with Crippen LogP contribution in [-0.2, 0) is 6.54 Å². The Labute approximate surface area is 123 Å². The van der Waals surface area contributed by atoms with Crippen molar-refractivity contribution in [3.63, 3.8) is 0 Å². The number of aromatic nitrogens is 2. The molecule has 3 nitrogen and oxygen atoms in total. The molecule has 2 rings (SSSR count). The van der Waals surface area contributed by atoms with Crippen molar-refractivity contribution in [1.29, 1.82) is 0 Å². The molecule has 0 aliphatic rings. The number of rotatable bonds is 6. The smallest absolute Gasteiger partial charge is 0.277 e. The van der Waals surface area contributed by atoms with Gasteiger partial charge in [0.05, 0.1) is 0 Å². The Morgan fingerprint density at radius 2 is 2.00 bits per heavy atom. The Morgan fingerprint density at radius 3 is 2.70 bits per heavy atom. The van der Waals surface area contributed by atoms with Crippen LogP contribution in [0.15, 0.2) is 54.0 Å².